The van der Waals surface area contributed by atoms with Crippen LogP contribution in [0.1, 0.15) is 16.1 Å². The van der Waals surface area contributed by atoms with Gasteiger partial charge in [0, 0.05) is 6.07 Å². The van der Waals surface area contributed by atoms with Crippen molar-refractivity contribution < 1.29 is 18.7 Å². The highest BCUT2D eigenvalue weighted by molar-refractivity contribution is 5.90. The number of nitrogens with zero attached hydrogens (tertiary/aromatic N) is 2. The lowest BCUT2D eigenvalue weighted by Crippen LogP contribution is -2.15. The first-order valence-electron chi connectivity index (χ1n) is 9.22. The van der Waals surface area contributed by atoms with Crippen LogP contribution in [0.3, 0.4) is 0 Å². The van der Waals surface area contributed by atoms with Gasteiger partial charge < -0.3 is 9.47 Å². The highest BCUT2D eigenvalue weighted by atomic mass is 19.1. The van der Waals surface area contributed by atoms with Gasteiger partial charge in [0.1, 0.15) is 18.2 Å². The van der Waals surface area contributed by atoms with Gasteiger partial charge in [-0.15, -0.1) is 0 Å². The third-order valence-corrected chi connectivity index (χ3v) is 4.44. The minimum atomic E-state index is -0.568. The largest absolute Gasteiger partial charge is 0.492 e. The lowest BCUT2D eigenvalue weighted by Gasteiger charge is -2.10. The fraction of sp³-hybridized carbons (Fsp3) is 0.130. The molecule has 4 aromatic rings. The zero-order valence-corrected chi connectivity index (χ0v) is 15.8. The summed E-state index contributed by atoms with van der Waals surface area (Å²) in [5, 5.41) is 6.61. The van der Waals surface area contributed by atoms with E-state index in [4.69, 9.17) is 9.47 Å². The standard InChI is InChI=1S/C23H19FN2O3/c1-16-14-22(29-23(27)18-6-9-20(24)10-7-18)26(25-16)12-13-28-21-11-8-17-4-2-3-5-19(17)15-21/h2-11,14-15H,12-13H2,1H3. The van der Waals surface area contributed by atoms with Crippen LogP contribution in [-0.2, 0) is 6.54 Å². The second-order valence-corrected chi connectivity index (χ2v) is 6.60. The minimum Gasteiger partial charge on any atom is -0.492 e. The Balaban J connectivity index is 1.41. The molecular formula is C23H19FN2O3. The zero-order chi connectivity index (χ0) is 20.2. The number of esters is 1. The van der Waals surface area contributed by atoms with Crippen molar-refractivity contribution in [1.29, 1.82) is 0 Å². The quantitative estimate of drug-likeness (QED) is 0.445. The number of carbonyl (C=O) groups is 1. The second kappa shape index (κ2) is 8.14. The molecule has 0 fully saturated rings. The topological polar surface area (TPSA) is 53.4 Å². The van der Waals surface area contributed by atoms with Crippen molar-refractivity contribution in [1.82, 2.24) is 9.78 Å². The fourth-order valence-electron chi connectivity index (χ4n) is 3.01. The summed E-state index contributed by atoms with van der Waals surface area (Å²) in [4.78, 5) is 12.3. The number of benzene rings is 3. The van der Waals surface area contributed by atoms with E-state index in [9.17, 15) is 9.18 Å². The lowest BCUT2D eigenvalue weighted by atomic mass is 10.1. The summed E-state index contributed by atoms with van der Waals surface area (Å²) in [6.07, 6.45) is 0. The van der Waals surface area contributed by atoms with Gasteiger partial charge >= 0.3 is 5.97 Å². The third-order valence-electron chi connectivity index (χ3n) is 4.44. The van der Waals surface area contributed by atoms with Gasteiger partial charge in [0.05, 0.1) is 17.8 Å². The Bertz CT molecular complexity index is 1150. The second-order valence-electron chi connectivity index (χ2n) is 6.60. The van der Waals surface area contributed by atoms with E-state index < -0.39 is 11.8 Å². The molecule has 3 aromatic carbocycles. The summed E-state index contributed by atoms with van der Waals surface area (Å²) in [6, 6.07) is 20.9. The Labute approximate surface area is 167 Å². The van der Waals surface area contributed by atoms with Crippen LogP contribution in [0.4, 0.5) is 4.39 Å². The number of ether oxygens (including phenoxy) is 2. The summed E-state index contributed by atoms with van der Waals surface area (Å²) in [5.74, 6) is 0.103. The van der Waals surface area contributed by atoms with Crippen LogP contribution in [0.5, 0.6) is 11.6 Å². The molecule has 0 spiro atoms. The maximum atomic E-state index is 13.0. The predicted molar refractivity (Wildman–Crippen MR) is 108 cm³/mol. The molecule has 5 nitrogen and oxygen atoms in total. The molecule has 29 heavy (non-hydrogen) atoms. The number of aryl methyl sites for hydroxylation is 1. The number of carbonyl (C=O) groups excluding carboxylic acids is 1. The van der Waals surface area contributed by atoms with E-state index in [0.717, 1.165) is 22.2 Å². The van der Waals surface area contributed by atoms with Gasteiger partial charge in [-0.1, -0.05) is 30.3 Å². The highest BCUT2D eigenvalue weighted by Crippen LogP contribution is 2.21. The Hall–Kier alpha value is -3.67. The normalized spacial score (nSPS) is 10.8. The summed E-state index contributed by atoms with van der Waals surface area (Å²) < 4.78 is 25.9. The minimum absolute atomic E-state index is 0.268. The van der Waals surface area contributed by atoms with Gasteiger partial charge in [-0.3, -0.25) is 0 Å². The van der Waals surface area contributed by atoms with E-state index in [0.29, 0.717) is 19.0 Å². The molecule has 0 unspecified atom stereocenters. The van der Waals surface area contributed by atoms with Crippen molar-refractivity contribution in [2.24, 2.45) is 0 Å². The van der Waals surface area contributed by atoms with Crippen LogP contribution < -0.4 is 9.47 Å². The average Bonchev–Trinajstić information content (AvgIpc) is 3.07. The van der Waals surface area contributed by atoms with Crippen molar-refractivity contribution in [2.75, 3.05) is 6.61 Å². The predicted octanol–water partition coefficient (Wildman–Crippen LogP) is 4.78. The number of fused-ring (bicyclic) bond motifs is 1. The van der Waals surface area contributed by atoms with Crippen LogP contribution in [0.25, 0.3) is 10.8 Å². The van der Waals surface area contributed by atoms with Gasteiger partial charge in [-0.05, 0) is 54.1 Å². The molecule has 1 heterocycles. The van der Waals surface area contributed by atoms with E-state index in [2.05, 4.69) is 5.10 Å². The van der Waals surface area contributed by atoms with Crippen molar-refractivity contribution in [3.8, 4) is 11.6 Å². The average molecular weight is 390 g/mol. The molecular weight excluding hydrogens is 371 g/mol. The Morgan fingerprint density at radius 1 is 1.00 bits per heavy atom. The van der Waals surface area contributed by atoms with Gasteiger partial charge in [0.2, 0.25) is 5.88 Å². The van der Waals surface area contributed by atoms with Crippen LogP contribution in [-0.4, -0.2) is 22.4 Å². The molecule has 146 valence electrons. The van der Waals surface area contributed by atoms with Crippen LogP contribution >= 0.6 is 0 Å². The molecule has 0 aliphatic rings. The summed E-state index contributed by atoms with van der Waals surface area (Å²) in [7, 11) is 0. The number of rotatable bonds is 6. The van der Waals surface area contributed by atoms with Crippen LogP contribution in [0, 0.1) is 12.7 Å². The number of hydrogen-bond donors (Lipinski definition) is 0. The number of halogens is 1. The van der Waals surface area contributed by atoms with Crippen LogP contribution in [0.2, 0.25) is 0 Å². The molecule has 4 rings (SSSR count). The van der Waals surface area contributed by atoms with E-state index in [1.807, 2.05) is 49.4 Å². The van der Waals surface area contributed by atoms with Crippen molar-refractivity contribution in [3.05, 3.63) is 89.9 Å². The van der Waals surface area contributed by atoms with E-state index in [1.54, 1.807) is 10.7 Å². The summed E-state index contributed by atoms with van der Waals surface area (Å²) in [6.45, 7) is 2.59. The highest BCUT2D eigenvalue weighted by Gasteiger charge is 2.14. The van der Waals surface area contributed by atoms with Crippen molar-refractivity contribution >= 4 is 16.7 Å². The lowest BCUT2D eigenvalue weighted by molar-refractivity contribution is 0.0716. The molecule has 0 saturated heterocycles. The van der Waals surface area contributed by atoms with Gasteiger partial charge in [-0.2, -0.15) is 5.10 Å². The molecule has 0 bridgehead atoms. The van der Waals surface area contributed by atoms with Crippen molar-refractivity contribution in [2.45, 2.75) is 13.5 Å². The van der Waals surface area contributed by atoms with Gasteiger partial charge in [0.25, 0.3) is 0 Å². The molecule has 0 N–H and O–H groups in total. The Morgan fingerprint density at radius 2 is 1.76 bits per heavy atom. The van der Waals surface area contributed by atoms with E-state index in [-0.39, 0.29) is 5.56 Å². The first-order valence-corrected chi connectivity index (χ1v) is 9.22. The Kier molecular flexibility index (Phi) is 5.24. The van der Waals surface area contributed by atoms with Gasteiger partial charge in [0.15, 0.2) is 0 Å². The first-order chi connectivity index (χ1) is 14.1. The SMILES string of the molecule is Cc1cc(OC(=O)c2ccc(F)cc2)n(CCOc2ccc3ccccc3c2)n1. The molecule has 0 aliphatic heterocycles. The number of hydrogen-bond acceptors (Lipinski definition) is 4. The maximum Gasteiger partial charge on any atom is 0.344 e. The smallest absolute Gasteiger partial charge is 0.344 e. The van der Waals surface area contributed by atoms with E-state index in [1.165, 1.54) is 24.3 Å². The fourth-order valence-corrected chi connectivity index (χ4v) is 3.01. The molecule has 0 aliphatic carbocycles. The molecule has 0 radical (unpaired) electrons. The molecule has 0 atom stereocenters. The summed E-state index contributed by atoms with van der Waals surface area (Å²) in [5.41, 5.74) is 0.988. The van der Waals surface area contributed by atoms with Gasteiger partial charge in [-0.25, -0.2) is 13.9 Å². The zero-order valence-electron chi connectivity index (χ0n) is 15.8. The Morgan fingerprint density at radius 3 is 2.55 bits per heavy atom. The molecule has 6 heteroatoms. The first kappa shape index (κ1) is 18.7. The summed E-state index contributed by atoms with van der Waals surface area (Å²) >= 11 is 0. The third kappa shape index (κ3) is 4.43. The van der Waals surface area contributed by atoms with Crippen molar-refractivity contribution in [3.63, 3.8) is 0 Å². The maximum absolute atomic E-state index is 13.0. The van der Waals surface area contributed by atoms with Crippen LogP contribution in [0.15, 0.2) is 72.8 Å². The molecule has 0 saturated carbocycles. The van der Waals surface area contributed by atoms with E-state index >= 15 is 0 Å². The number of aromatic nitrogens is 2. The molecule has 1 aromatic heterocycles. The monoisotopic (exact) mass is 390 g/mol. The molecule has 0 amide bonds.